The first-order valence-corrected chi connectivity index (χ1v) is 12.4. The highest BCUT2D eigenvalue weighted by Crippen LogP contribution is 2.20. The van der Waals surface area contributed by atoms with Gasteiger partial charge in [-0.3, -0.25) is 19.2 Å². The van der Waals surface area contributed by atoms with Gasteiger partial charge in [0.25, 0.3) is 5.91 Å². The van der Waals surface area contributed by atoms with Crippen molar-refractivity contribution >= 4 is 40.4 Å². The molecule has 0 radical (unpaired) electrons. The normalized spacial score (nSPS) is 17.6. The van der Waals surface area contributed by atoms with Gasteiger partial charge < -0.3 is 26.0 Å². The second-order valence-electron chi connectivity index (χ2n) is 9.75. The third-order valence-corrected chi connectivity index (χ3v) is 6.55. The van der Waals surface area contributed by atoms with E-state index in [1.54, 1.807) is 26.0 Å². The van der Waals surface area contributed by atoms with Crippen molar-refractivity contribution < 1.29 is 29.1 Å². The fourth-order valence-electron chi connectivity index (χ4n) is 4.39. The van der Waals surface area contributed by atoms with Crippen LogP contribution in [0.25, 0.3) is 10.8 Å². The maximum Gasteiger partial charge on any atom is 0.326 e. The zero-order chi connectivity index (χ0) is 27.3. The van der Waals surface area contributed by atoms with Crippen LogP contribution >= 0.6 is 0 Å². The Labute approximate surface area is 215 Å². The third kappa shape index (κ3) is 6.63. The van der Waals surface area contributed by atoms with Crippen LogP contribution in [0.4, 0.5) is 0 Å². The van der Waals surface area contributed by atoms with Gasteiger partial charge in [0, 0.05) is 12.1 Å². The van der Waals surface area contributed by atoms with E-state index in [1.807, 2.05) is 30.3 Å². The lowest BCUT2D eigenvalue weighted by molar-refractivity contribution is -0.145. The van der Waals surface area contributed by atoms with Gasteiger partial charge in [0.2, 0.25) is 17.7 Å². The van der Waals surface area contributed by atoms with Crippen LogP contribution in [0.1, 0.15) is 50.9 Å². The summed E-state index contributed by atoms with van der Waals surface area (Å²) < 4.78 is 0. The molecule has 2 aromatic rings. The number of nitrogens with zero attached hydrogens (tertiary/aromatic N) is 1. The lowest BCUT2D eigenvalue weighted by atomic mass is 10.0. The summed E-state index contributed by atoms with van der Waals surface area (Å²) in [5.41, 5.74) is 0.412. The molecule has 1 saturated heterocycles. The minimum absolute atomic E-state index is 0.323. The molecule has 0 aromatic heterocycles. The largest absolute Gasteiger partial charge is 0.480 e. The first kappa shape index (κ1) is 27.6. The van der Waals surface area contributed by atoms with E-state index in [0.717, 1.165) is 10.8 Å². The van der Waals surface area contributed by atoms with E-state index in [2.05, 4.69) is 16.0 Å². The minimum Gasteiger partial charge on any atom is -0.480 e. The summed E-state index contributed by atoms with van der Waals surface area (Å²) >= 11 is 0. The van der Waals surface area contributed by atoms with Crippen molar-refractivity contribution in [3.8, 4) is 0 Å². The van der Waals surface area contributed by atoms with Gasteiger partial charge in [0.1, 0.15) is 24.2 Å². The summed E-state index contributed by atoms with van der Waals surface area (Å²) in [6.07, 6.45) is 0.989. The molecule has 198 valence electrons. The fourth-order valence-corrected chi connectivity index (χ4v) is 4.39. The summed E-state index contributed by atoms with van der Waals surface area (Å²) in [5, 5.41) is 19.0. The van der Waals surface area contributed by atoms with E-state index in [0.29, 0.717) is 24.9 Å². The van der Waals surface area contributed by atoms with Gasteiger partial charge in [-0.05, 0) is 55.5 Å². The first-order chi connectivity index (χ1) is 17.5. The van der Waals surface area contributed by atoms with Crippen LogP contribution in [0, 0.1) is 5.92 Å². The zero-order valence-corrected chi connectivity index (χ0v) is 21.5. The minimum atomic E-state index is -1.14. The van der Waals surface area contributed by atoms with Crippen LogP contribution in [-0.4, -0.2) is 70.3 Å². The molecule has 4 amide bonds. The first-order valence-electron chi connectivity index (χ1n) is 12.4. The van der Waals surface area contributed by atoms with E-state index in [1.165, 1.54) is 18.7 Å². The summed E-state index contributed by atoms with van der Waals surface area (Å²) in [5.74, 6) is -3.39. The number of carbonyl (C=O) groups is 5. The Kier molecular flexibility index (Phi) is 8.86. The number of rotatable bonds is 9. The number of amides is 4. The summed E-state index contributed by atoms with van der Waals surface area (Å²) in [6.45, 7) is 6.74. The average molecular weight is 511 g/mol. The summed E-state index contributed by atoms with van der Waals surface area (Å²) in [6, 6.07) is 9.16. The monoisotopic (exact) mass is 510 g/mol. The molecule has 0 saturated carbocycles. The highest BCUT2D eigenvalue weighted by molar-refractivity contribution is 6.01. The second kappa shape index (κ2) is 11.9. The lowest BCUT2D eigenvalue weighted by Gasteiger charge is -2.29. The number of carboxylic acid groups (broad SMARTS) is 1. The van der Waals surface area contributed by atoms with Crippen molar-refractivity contribution in [2.45, 2.75) is 64.7 Å². The molecule has 2 aromatic carbocycles. The molecule has 0 bridgehead atoms. The van der Waals surface area contributed by atoms with Crippen molar-refractivity contribution in [1.29, 1.82) is 0 Å². The number of likely N-dealkylation sites (tertiary alicyclic amines) is 1. The Morgan fingerprint density at radius 2 is 1.57 bits per heavy atom. The molecule has 37 heavy (non-hydrogen) atoms. The number of fused-ring (bicyclic) bond motifs is 1. The SMILES string of the molecule is CC(C)[C@H](NC(=O)[C@H]1CCCN1C(=O)[C@H](C)NC(=O)[C@H](C)NC(=O)c1ccc2ccccc2c1)C(=O)O. The van der Waals surface area contributed by atoms with E-state index >= 15 is 0 Å². The molecule has 4 atom stereocenters. The molecule has 0 aliphatic carbocycles. The number of benzene rings is 2. The van der Waals surface area contributed by atoms with Crippen LogP contribution in [-0.2, 0) is 19.2 Å². The highest BCUT2D eigenvalue weighted by Gasteiger charge is 2.38. The molecule has 4 N–H and O–H groups in total. The van der Waals surface area contributed by atoms with Gasteiger partial charge in [-0.15, -0.1) is 0 Å². The molecule has 1 aliphatic rings. The molecule has 0 spiro atoms. The lowest BCUT2D eigenvalue weighted by Crippen LogP contribution is -2.56. The van der Waals surface area contributed by atoms with Gasteiger partial charge >= 0.3 is 5.97 Å². The maximum atomic E-state index is 13.1. The predicted molar refractivity (Wildman–Crippen MR) is 138 cm³/mol. The summed E-state index contributed by atoms with van der Waals surface area (Å²) in [4.78, 5) is 64.1. The van der Waals surface area contributed by atoms with Gasteiger partial charge in [0.05, 0.1) is 0 Å². The predicted octanol–water partition coefficient (Wildman–Crippen LogP) is 1.68. The van der Waals surface area contributed by atoms with Crippen molar-refractivity contribution in [3.63, 3.8) is 0 Å². The molecule has 1 fully saturated rings. The molecule has 0 unspecified atom stereocenters. The Hall–Kier alpha value is -3.95. The number of carboxylic acids is 1. The van der Waals surface area contributed by atoms with Crippen molar-refractivity contribution in [2.24, 2.45) is 5.92 Å². The molecule has 10 nitrogen and oxygen atoms in total. The van der Waals surface area contributed by atoms with Crippen molar-refractivity contribution in [2.75, 3.05) is 6.54 Å². The Morgan fingerprint density at radius 1 is 0.892 bits per heavy atom. The topological polar surface area (TPSA) is 145 Å². The highest BCUT2D eigenvalue weighted by atomic mass is 16.4. The van der Waals surface area contributed by atoms with Gasteiger partial charge in [-0.25, -0.2) is 4.79 Å². The fraction of sp³-hybridized carbons (Fsp3) is 0.444. The number of carbonyl (C=O) groups excluding carboxylic acids is 4. The number of hydrogen-bond acceptors (Lipinski definition) is 5. The number of nitrogens with one attached hydrogen (secondary N) is 3. The maximum absolute atomic E-state index is 13.1. The van der Waals surface area contributed by atoms with Gasteiger partial charge in [-0.2, -0.15) is 0 Å². The Balaban J connectivity index is 1.58. The molecule has 1 aliphatic heterocycles. The van der Waals surface area contributed by atoms with E-state index in [9.17, 15) is 29.1 Å². The van der Waals surface area contributed by atoms with Crippen LogP contribution in [0.3, 0.4) is 0 Å². The van der Waals surface area contributed by atoms with Crippen LogP contribution in [0.2, 0.25) is 0 Å². The van der Waals surface area contributed by atoms with Crippen molar-refractivity contribution in [3.05, 3.63) is 48.0 Å². The Morgan fingerprint density at radius 3 is 2.22 bits per heavy atom. The molecule has 10 heteroatoms. The molecular weight excluding hydrogens is 476 g/mol. The van der Waals surface area contributed by atoms with E-state index in [-0.39, 0.29) is 5.92 Å². The number of aliphatic carboxylic acids is 1. The molecule has 1 heterocycles. The summed E-state index contributed by atoms with van der Waals surface area (Å²) in [7, 11) is 0. The van der Waals surface area contributed by atoms with Crippen LogP contribution < -0.4 is 16.0 Å². The standard InChI is InChI=1S/C27H34N4O6/c1-15(2)22(27(36)37)30-25(34)21-10-7-13-31(21)26(35)17(4)29-23(32)16(3)28-24(33)20-12-11-18-8-5-6-9-19(18)14-20/h5-6,8-9,11-12,14-17,21-22H,7,10,13H2,1-4H3,(H,28,33)(H,29,32)(H,30,34)(H,36,37)/t16-,17-,21+,22-/m0/s1. The zero-order valence-electron chi connectivity index (χ0n) is 21.5. The van der Waals surface area contributed by atoms with Gasteiger partial charge in [-0.1, -0.05) is 44.2 Å². The van der Waals surface area contributed by atoms with Crippen molar-refractivity contribution in [1.82, 2.24) is 20.9 Å². The molecule has 3 rings (SSSR count). The number of hydrogen-bond donors (Lipinski definition) is 4. The van der Waals surface area contributed by atoms with Gasteiger partial charge in [0.15, 0.2) is 0 Å². The average Bonchev–Trinajstić information content (AvgIpc) is 3.35. The van der Waals surface area contributed by atoms with Crippen LogP contribution in [0.5, 0.6) is 0 Å². The Bertz CT molecular complexity index is 1200. The van der Waals surface area contributed by atoms with E-state index in [4.69, 9.17) is 0 Å². The second-order valence-corrected chi connectivity index (χ2v) is 9.75. The quantitative estimate of drug-likeness (QED) is 0.404. The van der Waals surface area contributed by atoms with Crippen LogP contribution in [0.15, 0.2) is 42.5 Å². The third-order valence-electron chi connectivity index (χ3n) is 6.55. The van der Waals surface area contributed by atoms with E-state index < -0.39 is 53.8 Å². The smallest absolute Gasteiger partial charge is 0.326 e. The molecular formula is C27H34N4O6.